The summed E-state index contributed by atoms with van der Waals surface area (Å²) in [7, 11) is 5.00. The third-order valence-corrected chi connectivity index (χ3v) is 4.78. The molecule has 0 aliphatic rings. The standard InChI is InChI=1S/C15H22BrNO3/c1-15(2,10-16)17(3)14(18)9-11-6-7-12(19-4)13(8-11)20-5/h6-8H,9-10H2,1-5H3. The SMILES string of the molecule is COc1ccc(CC(=O)N(C)C(C)(C)CBr)cc1OC. The number of amides is 1. The van der Waals surface area contributed by atoms with Crippen LogP contribution in [0.5, 0.6) is 11.5 Å². The molecular formula is C15H22BrNO3. The molecule has 5 heteroatoms. The van der Waals surface area contributed by atoms with Crippen LogP contribution < -0.4 is 9.47 Å². The first-order valence-electron chi connectivity index (χ1n) is 6.39. The van der Waals surface area contributed by atoms with Crippen molar-refractivity contribution < 1.29 is 14.3 Å². The summed E-state index contributed by atoms with van der Waals surface area (Å²) in [5.74, 6) is 1.37. The molecule has 0 saturated carbocycles. The zero-order chi connectivity index (χ0) is 15.3. The van der Waals surface area contributed by atoms with Crippen molar-refractivity contribution in [2.75, 3.05) is 26.6 Å². The van der Waals surface area contributed by atoms with E-state index in [1.165, 1.54) is 0 Å². The molecule has 0 aliphatic heterocycles. The van der Waals surface area contributed by atoms with Gasteiger partial charge in [0.05, 0.1) is 20.6 Å². The average molecular weight is 344 g/mol. The van der Waals surface area contributed by atoms with Gasteiger partial charge in [-0.1, -0.05) is 22.0 Å². The van der Waals surface area contributed by atoms with Crippen LogP contribution in [0, 0.1) is 0 Å². The van der Waals surface area contributed by atoms with E-state index < -0.39 is 0 Å². The molecular weight excluding hydrogens is 322 g/mol. The molecule has 0 aliphatic carbocycles. The van der Waals surface area contributed by atoms with Gasteiger partial charge in [-0.15, -0.1) is 0 Å². The van der Waals surface area contributed by atoms with Gasteiger partial charge < -0.3 is 14.4 Å². The topological polar surface area (TPSA) is 38.8 Å². The molecule has 4 nitrogen and oxygen atoms in total. The maximum absolute atomic E-state index is 12.3. The predicted octanol–water partition coefficient (Wildman–Crippen LogP) is 2.88. The number of likely N-dealkylation sites (N-methyl/N-ethyl adjacent to an activating group) is 1. The largest absolute Gasteiger partial charge is 0.493 e. The molecule has 112 valence electrons. The van der Waals surface area contributed by atoms with Gasteiger partial charge >= 0.3 is 0 Å². The van der Waals surface area contributed by atoms with Crippen molar-refractivity contribution in [3.8, 4) is 11.5 Å². The molecule has 0 N–H and O–H groups in total. The lowest BCUT2D eigenvalue weighted by Crippen LogP contribution is -2.46. The van der Waals surface area contributed by atoms with E-state index in [1.807, 2.05) is 39.1 Å². The van der Waals surface area contributed by atoms with E-state index in [4.69, 9.17) is 9.47 Å². The maximum Gasteiger partial charge on any atom is 0.227 e. The number of hydrogen-bond acceptors (Lipinski definition) is 3. The summed E-state index contributed by atoms with van der Waals surface area (Å²) in [6.07, 6.45) is 0.341. The van der Waals surface area contributed by atoms with Gasteiger partial charge in [-0.3, -0.25) is 4.79 Å². The lowest BCUT2D eigenvalue weighted by atomic mass is 10.0. The number of benzene rings is 1. The highest BCUT2D eigenvalue weighted by atomic mass is 79.9. The van der Waals surface area contributed by atoms with Crippen LogP contribution in [-0.4, -0.2) is 42.9 Å². The zero-order valence-electron chi connectivity index (χ0n) is 12.7. The number of halogens is 1. The number of ether oxygens (including phenoxy) is 2. The second-order valence-electron chi connectivity index (χ2n) is 5.26. The van der Waals surface area contributed by atoms with Crippen LogP contribution in [0.4, 0.5) is 0 Å². The molecule has 1 amide bonds. The van der Waals surface area contributed by atoms with E-state index in [-0.39, 0.29) is 11.4 Å². The summed E-state index contributed by atoms with van der Waals surface area (Å²) in [4.78, 5) is 14.1. The normalized spacial score (nSPS) is 11.1. The summed E-state index contributed by atoms with van der Waals surface area (Å²) in [6, 6.07) is 5.54. The summed E-state index contributed by atoms with van der Waals surface area (Å²) >= 11 is 3.44. The number of methoxy groups -OCH3 is 2. The lowest BCUT2D eigenvalue weighted by molar-refractivity contribution is -0.133. The van der Waals surface area contributed by atoms with Crippen LogP contribution in [-0.2, 0) is 11.2 Å². The third-order valence-electron chi connectivity index (χ3n) is 3.41. The summed E-state index contributed by atoms with van der Waals surface area (Å²) in [6.45, 7) is 4.04. The number of carbonyl (C=O) groups excluding carboxylic acids is 1. The van der Waals surface area contributed by atoms with Gasteiger partial charge in [0.25, 0.3) is 0 Å². The Morgan fingerprint density at radius 2 is 1.85 bits per heavy atom. The fourth-order valence-electron chi connectivity index (χ4n) is 1.71. The highest BCUT2D eigenvalue weighted by molar-refractivity contribution is 9.09. The smallest absolute Gasteiger partial charge is 0.227 e. The molecule has 0 bridgehead atoms. The third kappa shape index (κ3) is 3.88. The summed E-state index contributed by atoms with van der Waals surface area (Å²) in [5.41, 5.74) is 0.693. The van der Waals surface area contributed by atoms with Crippen molar-refractivity contribution in [1.29, 1.82) is 0 Å². The minimum absolute atomic E-state index is 0.0710. The van der Waals surface area contributed by atoms with Gasteiger partial charge in [-0.2, -0.15) is 0 Å². The molecule has 0 unspecified atom stereocenters. The Kier molecular flexibility index (Phi) is 5.87. The first kappa shape index (κ1) is 16.8. The first-order chi connectivity index (χ1) is 9.35. The summed E-state index contributed by atoms with van der Waals surface area (Å²) < 4.78 is 10.4. The van der Waals surface area contributed by atoms with E-state index >= 15 is 0 Å². The van der Waals surface area contributed by atoms with E-state index in [1.54, 1.807) is 19.1 Å². The van der Waals surface area contributed by atoms with Crippen LogP contribution in [0.15, 0.2) is 18.2 Å². The van der Waals surface area contributed by atoms with Gasteiger partial charge in [-0.05, 0) is 31.5 Å². The Bertz CT molecular complexity index is 474. The van der Waals surface area contributed by atoms with Crippen molar-refractivity contribution in [1.82, 2.24) is 4.90 Å². The lowest BCUT2D eigenvalue weighted by Gasteiger charge is -2.34. The Labute approximate surface area is 129 Å². The second kappa shape index (κ2) is 6.97. The fraction of sp³-hybridized carbons (Fsp3) is 0.533. The van der Waals surface area contributed by atoms with Crippen LogP contribution >= 0.6 is 15.9 Å². The molecule has 1 aromatic rings. The molecule has 0 fully saturated rings. The Morgan fingerprint density at radius 3 is 2.35 bits per heavy atom. The Balaban J connectivity index is 2.86. The van der Waals surface area contributed by atoms with Crippen molar-refractivity contribution in [3.05, 3.63) is 23.8 Å². The molecule has 0 radical (unpaired) electrons. The number of carbonyl (C=O) groups is 1. The number of rotatable bonds is 6. The minimum Gasteiger partial charge on any atom is -0.493 e. The van der Waals surface area contributed by atoms with E-state index in [2.05, 4.69) is 15.9 Å². The van der Waals surface area contributed by atoms with Gasteiger partial charge in [0.1, 0.15) is 0 Å². The highest BCUT2D eigenvalue weighted by Crippen LogP contribution is 2.28. The van der Waals surface area contributed by atoms with Crippen LogP contribution in [0.3, 0.4) is 0 Å². The number of nitrogens with zero attached hydrogens (tertiary/aromatic N) is 1. The minimum atomic E-state index is -0.215. The molecule has 0 atom stereocenters. The van der Waals surface area contributed by atoms with Gasteiger partial charge in [0.2, 0.25) is 5.91 Å². The van der Waals surface area contributed by atoms with Crippen molar-refractivity contribution in [2.24, 2.45) is 0 Å². The predicted molar refractivity (Wildman–Crippen MR) is 83.9 cm³/mol. The number of hydrogen-bond donors (Lipinski definition) is 0. The molecule has 1 rings (SSSR count). The highest BCUT2D eigenvalue weighted by Gasteiger charge is 2.26. The molecule has 0 spiro atoms. The van der Waals surface area contributed by atoms with Gasteiger partial charge in [-0.25, -0.2) is 0 Å². The maximum atomic E-state index is 12.3. The number of alkyl halides is 1. The monoisotopic (exact) mass is 343 g/mol. The van der Waals surface area contributed by atoms with E-state index in [0.717, 1.165) is 10.9 Å². The quantitative estimate of drug-likeness (QED) is 0.745. The second-order valence-corrected chi connectivity index (χ2v) is 5.83. The van der Waals surface area contributed by atoms with Crippen molar-refractivity contribution in [3.63, 3.8) is 0 Å². The Morgan fingerprint density at radius 1 is 1.25 bits per heavy atom. The van der Waals surface area contributed by atoms with Crippen LogP contribution in [0.2, 0.25) is 0 Å². The van der Waals surface area contributed by atoms with Gasteiger partial charge in [0, 0.05) is 17.9 Å². The molecule has 0 heterocycles. The molecule has 0 aromatic heterocycles. The zero-order valence-corrected chi connectivity index (χ0v) is 14.3. The first-order valence-corrected chi connectivity index (χ1v) is 7.51. The van der Waals surface area contributed by atoms with E-state index in [9.17, 15) is 4.79 Å². The average Bonchev–Trinajstić information content (AvgIpc) is 2.46. The van der Waals surface area contributed by atoms with Gasteiger partial charge in [0.15, 0.2) is 11.5 Å². The summed E-state index contributed by atoms with van der Waals surface area (Å²) in [5, 5.41) is 0.730. The van der Waals surface area contributed by atoms with Crippen molar-refractivity contribution in [2.45, 2.75) is 25.8 Å². The van der Waals surface area contributed by atoms with Crippen LogP contribution in [0.1, 0.15) is 19.4 Å². The fourth-order valence-corrected chi connectivity index (χ4v) is 2.09. The van der Waals surface area contributed by atoms with Crippen LogP contribution in [0.25, 0.3) is 0 Å². The molecule has 20 heavy (non-hydrogen) atoms. The molecule has 1 aromatic carbocycles. The molecule has 0 saturated heterocycles. The van der Waals surface area contributed by atoms with Crippen molar-refractivity contribution >= 4 is 21.8 Å². The van der Waals surface area contributed by atoms with E-state index in [0.29, 0.717) is 17.9 Å². The Hall–Kier alpha value is -1.23.